The zero-order chi connectivity index (χ0) is 19.9. The van der Waals surface area contributed by atoms with E-state index >= 15 is 0 Å². The number of pyridine rings is 1. The Balaban J connectivity index is 1.32. The summed E-state index contributed by atoms with van der Waals surface area (Å²) in [5.41, 5.74) is 2.42. The minimum Gasteiger partial charge on any atom is -0.395 e. The highest BCUT2D eigenvalue weighted by Gasteiger charge is 2.22. The van der Waals surface area contributed by atoms with Gasteiger partial charge in [-0.1, -0.05) is 18.2 Å². The number of para-hydroxylation sites is 1. The largest absolute Gasteiger partial charge is 0.395 e. The summed E-state index contributed by atoms with van der Waals surface area (Å²) in [6.45, 7) is 6.74. The van der Waals surface area contributed by atoms with Crippen LogP contribution in [-0.4, -0.2) is 60.4 Å². The first kappa shape index (κ1) is 20.6. The van der Waals surface area contributed by atoms with Gasteiger partial charge < -0.3 is 15.3 Å². The van der Waals surface area contributed by atoms with Crippen molar-refractivity contribution in [3.63, 3.8) is 0 Å². The number of likely N-dealkylation sites (tertiary alicyclic amines) is 1. The molecule has 0 amide bonds. The quantitative estimate of drug-likeness (QED) is 0.635. The molecule has 2 fully saturated rings. The summed E-state index contributed by atoms with van der Waals surface area (Å²) in [7, 11) is 0. The molecule has 158 valence electrons. The molecule has 0 saturated carbocycles. The van der Waals surface area contributed by atoms with Crippen LogP contribution in [0.25, 0.3) is 10.9 Å². The molecule has 2 saturated heterocycles. The van der Waals surface area contributed by atoms with E-state index < -0.39 is 0 Å². The van der Waals surface area contributed by atoms with Gasteiger partial charge in [-0.05, 0) is 76.7 Å². The molecule has 1 aromatic heterocycles. The van der Waals surface area contributed by atoms with Gasteiger partial charge in [0.2, 0.25) is 0 Å². The predicted molar refractivity (Wildman–Crippen MR) is 120 cm³/mol. The zero-order valence-electron chi connectivity index (χ0n) is 17.7. The van der Waals surface area contributed by atoms with Gasteiger partial charge in [0.25, 0.3) is 0 Å². The maximum absolute atomic E-state index is 9.45. The fourth-order valence-corrected chi connectivity index (χ4v) is 4.84. The highest BCUT2D eigenvalue weighted by atomic mass is 16.3. The summed E-state index contributed by atoms with van der Waals surface area (Å²) in [4.78, 5) is 9.98. The Labute approximate surface area is 175 Å². The molecule has 1 unspecified atom stereocenters. The molecule has 2 aliphatic heterocycles. The van der Waals surface area contributed by atoms with Crippen molar-refractivity contribution >= 4 is 16.7 Å². The average Bonchev–Trinajstić information content (AvgIpc) is 3.23. The van der Waals surface area contributed by atoms with Crippen molar-refractivity contribution in [2.45, 2.75) is 57.5 Å². The minimum atomic E-state index is 0.312. The van der Waals surface area contributed by atoms with Gasteiger partial charge >= 0.3 is 0 Å². The minimum absolute atomic E-state index is 0.312. The second-order valence-corrected chi connectivity index (χ2v) is 8.61. The number of aliphatic hydroxyl groups is 1. The van der Waals surface area contributed by atoms with Gasteiger partial charge in [0.1, 0.15) is 5.82 Å². The van der Waals surface area contributed by atoms with Gasteiger partial charge in [-0.15, -0.1) is 0 Å². The van der Waals surface area contributed by atoms with E-state index in [0.29, 0.717) is 12.6 Å². The fourth-order valence-electron chi connectivity index (χ4n) is 4.84. The molecule has 3 heterocycles. The van der Waals surface area contributed by atoms with Gasteiger partial charge in [0.05, 0.1) is 12.1 Å². The standard InChI is InChI=1S/C24H36N4O/c29-19-22-10-8-16-27(22)13-7-4-12-25-18-21-17-20-9-2-3-11-23(20)26-24(21)28-14-5-1-6-15-28/h2-3,9,11,17,22,25,29H,1,4-8,10,12-16,18-19H2. The molecule has 2 aliphatic rings. The van der Waals surface area contributed by atoms with Crippen LogP contribution in [0.5, 0.6) is 0 Å². The number of aliphatic hydroxyl groups excluding tert-OH is 1. The van der Waals surface area contributed by atoms with Gasteiger partial charge in [-0.3, -0.25) is 4.90 Å². The Morgan fingerprint density at radius 3 is 2.76 bits per heavy atom. The van der Waals surface area contributed by atoms with Crippen LogP contribution >= 0.6 is 0 Å². The Hall–Kier alpha value is -1.69. The number of piperidine rings is 1. The average molecular weight is 397 g/mol. The number of rotatable bonds is 9. The number of nitrogens with one attached hydrogen (secondary N) is 1. The van der Waals surface area contributed by atoms with Crippen molar-refractivity contribution < 1.29 is 5.11 Å². The molecule has 0 aliphatic carbocycles. The van der Waals surface area contributed by atoms with Crippen molar-refractivity contribution in [1.82, 2.24) is 15.2 Å². The van der Waals surface area contributed by atoms with E-state index in [9.17, 15) is 5.11 Å². The van der Waals surface area contributed by atoms with Crippen LogP contribution < -0.4 is 10.2 Å². The van der Waals surface area contributed by atoms with E-state index in [2.05, 4.69) is 45.4 Å². The topological polar surface area (TPSA) is 51.6 Å². The number of aromatic nitrogens is 1. The summed E-state index contributed by atoms with van der Waals surface area (Å²) in [6, 6.07) is 11.2. The molecule has 5 nitrogen and oxygen atoms in total. The van der Waals surface area contributed by atoms with E-state index in [1.165, 1.54) is 55.3 Å². The third-order valence-corrected chi connectivity index (χ3v) is 6.51. The lowest BCUT2D eigenvalue weighted by molar-refractivity contribution is 0.157. The van der Waals surface area contributed by atoms with Gasteiger partial charge in [-0.2, -0.15) is 0 Å². The van der Waals surface area contributed by atoms with Crippen LogP contribution in [0.3, 0.4) is 0 Å². The number of unbranched alkanes of at least 4 members (excludes halogenated alkanes) is 1. The second-order valence-electron chi connectivity index (χ2n) is 8.61. The third-order valence-electron chi connectivity index (χ3n) is 6.51. The Morgan fingerprint density at radius 2 is 1.90 bits per heavy atom. The van der Waals surface area contributed by atoms with Crippen molar-refractivity contribution in [3.8, 4) is 0 Å². The molecular formula is C24H36N4O. The lowest BCUT2D eigenvalue weighted by Gasteiger charge is -2.30. The second kappa shape index (κ2) is 10.4. The lowest BCUT2D eigenvalue weighted by Crippen LogP contribution is -2.33. The van der Waals surface area contributed by atoms with E-state index in [0.717, 1.165) is 51.2 Å². The van der Waals surface area contributed by atoms with E-state index in [1.807, 2.05) is 0 Å². The molecule has 0 spiro atoms. The highest BCUT2D eigenvalue weighted by molar-refractivity contribution is 5.81. The number of nitrogens with zero attached hydrogens (tertiary/aromatic N) is 3. The summed E-state index contributed by atoms with van der Waals surface area (Å²) < 4.78 is 0. The van der Waals surface area contributed by atoms with Crippen molar-refractivity contribution in [3.05, 3.63) is 35.9 Å². The van der Waals surface area contributed by atoms with Crippen LogP contribution in [-0.2, 0) is 6.54 Å². The Bertz CT molecular complexity index is 775. The molecule has 1 aromatic carbocycles. The lowest BCUT2D eigenvalue weighted by atomic mass is 10.1. The monoisotopic (exact) mass is 396 g/mol. The highest BCUT2D eigenvalue weighted by Crippen LogP contribution is 2.26. The van der Waals surface area contributed by atoms with E-state index in [-0.39, 0.29) is 0 Å². The van der Waals surface area contributed by atoms with Crippen LogP contribution in [0.4, 0.5) is 5.82 Å². The van der Waals surface area contributed by atoms with Crippen molar-refractivity contribution in [1.29, 1.82) is 0 Å². The summed E-state index contributed by atoms with van der Waals surface area (Å²) in [6.07, 6.45) is 8.64. The van der Waals surface area contributed by atoms with Gasteiger partial charge in [-0.25, -0.2) is 4.98 Å². The maximum atomic E-state index is 9.45. The van der Waals surface area contributed by atoms with Crippen LogP contribution in [0, 0.1) is 0 Å². The van der Waals surface area contributed by atoms with Gasteiger partial charge in [0, 0.05) is 36.6 Å². The van der Waals surface area contributed by atoms with Crippen LogP contribution in [0.15, 0.2) is 30.3 Å². The molecule has 0 bridgehead atoms. The fraction of sp³-hybridized carbons (Fsp3) is 0.625. The molecule has 2 N–H and O–H groups in total. The molecule has 1 atom stereocenters. The van der Waals surface area contributed by atoms with Crippen LogP contribution in [0.2, 0.25) is 0 Å². The first-order valence-electron chi connectivity index (χ1n) is 11.5. The normalized spacial score (nSPS) is 20.6. The SMILES string of the molecule is OCC1CCCN1CCCCNCc1cc2ccccc2nc1N1CCCCC1. The maximum Gasteiger partial charge on any atom is 0.133 e. The number of hydrogen-bond acceptors (Lipinski definition) is 5. The molecule has 5 heteroatoms. The third kappa shape index (κ3) is 5.27. The molecular weight excluding hydrogens is 360 g/mol. The summed E-state index contributed by atoms with van der Waals surface area (Å²) in [5, 5.41) is 14.3. The van der Waals surface area contributed by atoms with Gasteiger partial charge in [0.15, 0.2) is 0 Å². The smallest absolute Gasteiger partial charge is 0.133 e. The van der Waals surface area contributed by atoms with E-state index in [4.69, 9.17) is 4.98 Å². The molecule has 29 heavy (non-hydrogen) atoms. The number of anilines is 1. The molecule has 0 radical (unpaired) electrons. The molecule has 2 aromatic rings. The number of hydrogen-bond donors (Lipinski definition) is 2. The van der Waals surface area contributed by atoms with Crippen molar-refractivity contribution in [2.75, 3.05) is 44.2 Å². The Kier molecular flexibility index (Phi) is 7.36. The van der Waals surface area contributed by atoms with E-state index in [1.54, 1.807) is 0 Å². The Morgan fingerprint density at radius 1 is 1.03 bits per heavy atom. The first-order valence-corrected chi connectivity index (χ1v) is 11.5. The van der Waals surface area contributed by atoms with Crippen molar-refractivity contribution in [2.24, 2.45) is 0 Å². The zero-order valence-corrected chi connectivity index (χ0v) is 17.7. The first-order chi connectivity index (χ1) is 14.3. The number of benzene rings is 1. The molecule has 4 rings (SSSR count). The predicted octanol–water partition coefficient (Wildman–Crippen LogP) is 3.55. The van der Waals surface area contributed by atoms with Crippen LogP contribution in [0.1, 0.15) is 50.5 Å². The number of fused-ring (bicyclic) bond motifs is 1. The summed E-state index contributed by atoms with van der Waals surface area (Å²) >= 11 is 0. The summed E-state index contributed by atoms with van der Waals surface area (Å²) in [5.74, 6) is 1.18.